The van der Waals surface area contributed by atoms with Crippen LogP contribution in [0.1, 0.15) is 53.7 Å². The third kappa shape index (κ3) is 6.09. The van der Waals surface area contributed by atoms with Crippen LogP contribution in [0.5, 0.6) is 5.75 Å². The molecule has 0 aromatic heterocycles. The van der Waals surface area contributed by atoms with E-state index in [9.17, 15) is 32.9 Å². The Morgan fingerprint density at radius 3 is 2.54 bits per heavy atom. The molecule has 0 bridgehead atoms. The molecule has 8 nitrogen and oxygen atoms in total. The number of benzene rings is 2. The Balaban J connectivity index is 1.74. The van der Waals surface area contributed by atoms with Crippen LogP contribution in [0, 0.1) is 17.0 Å². The first-order chi connectivity index (χ1) is 16.4. The maximum Gasteiger partial charge on any atom is 0.416 e. The minimum absolute atomic E-state index is 0.0772. The number of ether oxygens (including phenoxy) is 1. The monoisotopic (exact) mass is 493 g/mol. The Labute approximate surface area is 200 Å². The topological polar surface area (TPSA) is 102 Å². The number of rotatable bonds is 7. The van der Waals surface area contributed by atoms with E-state index in [1.54, 1.807) is 13.8 Å². The van der Waals surface area contributed by atoms with Gasteiger partial charge in [-0.25, -0.2) is 0 Å². The van der Waals surface area contributed by atoms with Crippen LogP contribution in [0.3, 0.4) is 0 Å². The molecule has 1 saturated heterocycles. The van der Waals surface area contributed by atoms with E-state index in [-0.39, 0.29) is 35.2 Å². The number of alkyl halides is 3. The summed E-state index contributed by atoms with van der Waals surface area (Å²) in [5, 5.41) is 13.5. The summed E-state index contributed by atoms with van der Waals surface area (Å²) in [4.78, 5) is 37.7. The summed E-state index contributed by atoms with van der Waals surface area (Å²) in [6.07, 6.45) is -4.03. The molecule has 3 rings (SSSR count). The van der Waals surface area contributed by atoms with Crippen molar-refractivity contribution in [3.8, 4) is 5.75 Å². The zero-order valence-electron chi connectivity index (χ0n) is 19.5. The average molecular weight is 493 g/mol. The lowest BCUT2D eigenvalue weighted by Crippen LogP contribution is -2.45. The van der Waals surface area contributed by atoms with Crippen molar-refractivity contribution in [2.75, 3.05) is 6.54 Å². The van der Waals surface area contributed by atoms with E-state index >= 15 is 0 Å². The first-order valence-corrected chi connectivity index (χ1v) is 11.1. The van der Waals surface area contributed by atoms with E-state index in [2.05, 4.69) is 5.32 Å². The van der Waals surface area contributed by atoms with Gasteiger partial charge in [-0.2, -0.15) is 13.2 Å². The fourth-order valence-electron chi connectivity index (χ4n) is 4.06. The van der Waals surface area contributed by atoms with Gasteiger partial charge in [-0.1, -0.05) is 6.07 Å². The smallest absolute Gasteiger partial charge is 0.416 e. The number of aryl methyl sites for hydroxylation is 1. The Bertz CT molecular complexity index is 1130. The second kappa shape index (κ2) is 10.3. The molecular weight excluding hydrogens is 467 g/mol. The number of carbonyl (C=O) groups excluding carboxylic acids is 2. The first-order valence-electron chi connectivity index (χ1n) is 11.1. The molecule has 1 heterocycles. The van der Waals surface area contributed by atoms with Gasteiger partial charge >= 0.3 is 6.18 Å². The van der Waals surface area contributed by atoms with Crippen LogP contribution in [0.4, 0.5) is 18.9 Å². The van der Waals surface area contributed by atoms with Gasteiger partial charge in [0, 0.05) is 30.3 Å². The lowest BCUT2D eigenvalue weighted by molar-refractivity contribution is -0.385. The van der Waals surface area contributed by atoms with E-state index in [4.69, 9.17) is 4.74 Å². The molecular formula is C24H26F3N3O5. The highest BCUT2D eigenvalue weighted by Gasteiger charge is 2.36. The number of likely N-dealkylation sites (tertiary alicyclic amines) is 1. The number of halogens is 3. The summed E-state index contributed by atoms with van der Waals surface area (Å²) in [7, 11) is 0. The molecule has 11 heteroatoms. The Kier molecular flexibility index (Phi) is 7.67. The summed E-state index contributed by atoms with van der Waals surface area (Å²) < 4.78 is 46.1. The van der Waals surface area contributed by atoms with E-state index in [1.807, 2.05) is 0 Å². The predicted molar refractivity (Wildman–Crippen MR) is 121 cm³/mol. The van der Waals surface area contributed by atoms with Crippen molar-refractivity contribution in [1.29, 1.82) is 0 Å². The largest absolute Gasteiger partial charge is 0.491 e. The molecule has 35 heavy (non-hydrogen) atoms. The van der Waals surface area contributed by atoms with Crippen molar-refractivity contribution in [3.63, 3.8) is 0 Å². The maximum absolute atomic E-state index is 13.6. The highest BCUT2D eigenvalue weighted by molar-refractivity contribution is 5.98. The van der Waals surface area contributed by atoms with Crippen LogP contribution in [-0.2, 0) is 17.5 Å². The number of nitrogens with zero attached hydrogens (tertiary/aromatic N) is 2. The van der Waals surface area contributed by atoms with Gasteiger partial charge in [-0.3, -0.25) is 19.7 Å². The lowest BCUT2D eigenvalue weighted by Gasteiger charge is -2.24. The van der Waals surface area contributed by atoms with Crippen LogP contribution in [-0.4, -0.2) is 40.3 Å². The molecule has 1 fully saturated rings. The van der Waals surface area contributed by atoms with Gasteiger partial charge in [0.15, 0.2) is 0 Å². The maximum atomic E-state index is 13.6. The van der Waals surface area contributed by atoms with Crippen LogP contribution in [0.25, 0.3) is 0 Å². The molecule has 1 aliphatic heterocycles. The Hall–Kier alpha value is -3.63. The van der Waals surface area contributed by atoms with Crippen molar-refractivity contribution in [2.45, 2.75) is 58.5 Å². The molecule has 0 aliphatic carbocycles. The van der Waals surface area contributed by atoms with Gasteiger partial charge in [0.1, 0.15) is 11.8 Å². The van der Waals surface area contributed by atoms with Gasteiger partial charge in [-0.15, -0.1) is 0 Å². The van der Waals surface area contributed by atoms with Crippen LogP contribution in [0.2, 0.25) is 0 Å². The Morgan fingerprint density at radius 1 is 1.23 bits per heavy atom. The van der Waals surface area contributed by atoms with Gasteiger partial charge in [0.2, 0.25) is 5.91 Å². The fraction of sp³-hybridized carbons (Fsp3) is 0.417. The molecule has 188 valence electrons. The van der Waals surface area contributed by atoms with Gasteiger partial charge in [-0.05, 0) is 63.4 Å². The second-order valence-corrected chi connectivity index (χ2v) is 8.62. The van der Waals surface area contributed by atoms with Crippen molar-refractivity contribution in [1.82, 2.24) is 10.2 Å². The molecule has 1 atom stereocenters. The Morgan fingerprint density at radius 2 is 1.94 bits per heavy atom. The molecule has 2 amide bonds. The van der Waals surface area contributed by atoms with E-state index < -0.39 is 34.5 Å². The molecule has 2 aromatic rings. The quantitative estimate of drug-likeness (QED) is 0.448. The van der Waals surface area contributed by atoms with Crippen LogP contribution < -0.4 is 10.1 Å². The third-order valence-corrected chi connectivity index (χ3v) is 5.67. The summed E-state index contributed by atoms with van der Waals surface area (Å²) in [5.41, 5.74) is -0.637. The summed E-state index contributed by atoms with van der Waals surface area (Å²) in [6.45, 7) is 4.84. The molecule has 1 aliphatic rings. The van der Waals surface area contributed by atoms with Crippen molar-refractivity contribution in [3.05, 3.63) is 68.8 Å². The average Bonchev–Trinajstić information content (AvgIpc) is 3.26. The number of hydrogen-bond acceptors (Lipinski definition) is 5. The summed E-state index contributed by atoms with van der Waals surface area (Å²) in [5.74, 6) is -0.953. The third-order valence-electron chi connectivity index (χ3n) is 5.67. The van der Waals surface area contributed by atoms with E-state index in [1.165, 1.54) is 42.2 Å². The SMILES string of the molecule is Cc1cc(C(=O)N2CCCC2C(=O)NCc2ccc(OC(C)C)cc2C(F)(F)F)ccc1[N+](=O)[O-]. The number of carbonyl (C=O) groups is 2. The van der Waals surface area contributed by atoms with Crippen LogP contribution >= 0.6 is 0 Å². The summed E-state index contributed by atoms with van der Waals surface area (Å²) >= 11 is 0. The predicted octanol–water partition coefficient (Wildman–Crippen LogP) is 4.63. The molecule has 1 N–H and O–H groups in total. The highest BCUT2D eigenvalue weighted by atomic mass is 19.4. The zero-order valence-corrected chi connectivity index (χ0v) is 19.5. The van der Waals surface area contributed by atoms with E-state index in [0.29, 0.717) is 24.9 Å². The molecule has 2 aromatic carbocycles. The minimum Gasteiger partial charge on any atom is -0.491 e. The number of nitro benzene ring substituents is 1. The first kappa shape index (κ1) is 26.0. The lowest BCUT2D eigenvalue weighted by atomic mass is 10.1. The number of amides is 2. The second-order valence-electron chi connectivity index (χ2n) is 8.62. The standard InChI is InChI=1S/C24H26F3N3O5/c1-14(2)35-18-8-6-17(19(12-18)24(25,26)27)13-28-22(31)21-5-4-10-29(21)23(32)16-7-9-20(30(33)34)15(3)11-16/h6-9,11-12,14,21H,4-5,10,13H2,1-3H3,(H,28,31). The van der Waals surface area contributed by atoms with E-state index in [0.717, 1.165) is 6.07 Å². The molecule has 0 spiro atoms. The molecule has 1 unspecified atom stereocenters. The van der Waals surface area contributed by atoms with Crippen molar-refractivity contribution >= 4 is 17.5 Å². The van der Waals surface area contributed by atoms with Gasteiger partial charge in [0.25, 0.3) is 11.6 Å². The number of nitro groups is 1. The zero-order chi connectivity index (χ0) is 25.9. The summed E-state index contributed by atoms with van der Waals surface area (Å²) in [6, 6.07) is 6.69. The van der Waals surface area contributed by atoms with Gasteiger partial charge < -0.3 is 15.0 Å². The normalized spacial score (nSPS) is 15.9. The number of nitrogens with one attached hydrogen (secondary N) is 1. The fourth-order valence-corrected chi connectivity index (χ4v) is 4.06. The minimum atomic E-state index is -4.64. The number of hydrogen-bond donors (Lipinski definition) is 1. The van der Waals surface area contributed by atoms with Crippen LogP contribution in [0.15, 0.2) is 36.4 Å². The van der Waals surface area contributed by atoms with Crippen molar-refractivity contribution < 1.29 is 32.4 Å². The van der Waals surface area contributed by atoms with Crippen molar-refractivity contribution in [2.24, 2.45) is 0 Å². The highest BCUT2D eigenvalue weighted by Crippen LogP contribution is 2.35. The molecule has 0 radical (unpaired) electrons. The molecule has 0 saturated carbocycles. The van der Waals surface area contributed by atoms with Gasteiger partial charge in [0.05, 0.1) is 16.6 Å².